The summed E-state index contributed by atoms with van der Waals surface area (Å²) >= 11 is 0. The zero-order valence-electron chi connectivity index (χ0n) is 10.8. The molecule has 0 aliphatic carbocycles. The van der Waals surface area contributed by atoms with Crippen LogP contribution in [0.1, 0.15) is 22.8 Å². The first-order chi connectivity index (χ1) is 9.69. The molecular weight excluding hydrogens is 260 g/mol. The Bertz CT molecular complexity index is 770. The molecule has 1 aliphatic rings. The van der Waals surface area contributed by atoms with Crippen LogP contribution in [-0.2, 0) is 4.74 Å². The number of rotatable bonds is 2. The van der Waals surface area contributed by atoms with Gasteiger partial charge in [0.05, 0.1) is 6.61 Å². The molecule has 5 nitrogen and oxygen atoms in total. The van der Waals surface area contributed by atoms with Crippen molar-refractivity contribution >= 4 is 23.0 Å². The number of carbonyl (C=O) groups is 1. The molecular formula is C15H12O5. The minimum absolute atomic E-state index is 0.0972. The lowest BCUT2D eigenvalue weighted by atomic mass is 10.1. The van der Waals surface area contributed by atoms with E-state index in [1.165, 1.54) is 6.07 Å². The van der Waals surface area contributed by atoms with E-state index in [0.717, 1.165) is 5.56 Å². The van der Waals surface area contributed by atoms with Crippen molar-refractivity contribution in [3.63, 3.8) is 0 Å². The summed E-state index contributed by atoms with van der Waals surface area (Å²) in [7, 11) is 0. The van der Waals surface area contributed by atoms with Crippen molar-refractivity contribution in [1.82, 2.24) is 0 Å². The molecule has 5 heteroatoms. The molecule has 20 heavy (non-hydrogen) atoms. The summed E-state index contributed by atoms with van der Waals surface area (Å²) in [6, 6.07) is 4.96. The summed E-state index contributed by atoms with van der Waals surface area (Å²) in [5.41, 5.74) is 0.465. The molecule has 0 spiro atoms. The van der Waals surface area contributed by atoms with Crippen LogP contribution in [0.15, 0.2) is 33.5 Å². The second kappa shape index (κ2) is 4.85. The minimum Gasteiger partial charge on any atom is -0.489 e. The van der Waals surface area contributed by atoms with Gasteiger partial charge in [-0.05, 0) is 25.1 Å². The predicted octanol–water partition coefficient (Wildman–Crippen LogP) is 2.38. The van der Waals surface area contributed by atoms with Crippen molar-refractivity contribution in [1.29, 1.82) is 0 Å². The number of fused-ring (bicyclic) bond motifs is 2. The Balaban J connectivity index is 2.18. The maximum absolute atomic E-state index is 11.8. The zero-order valence-corrected chi connectivity index (χ0v) is 10.8. The van der Waals surface area contributed by atoms with E-state index in [2.05, 4.69) is 0 Å². The fraction of sp³-hybridized carbons (Fsp3) is 0.200. The van der Waals surface area contributed by atoms with E-state index < -0.39 is 11.6 Å². The molecule has 1 aromatic heterocycles. The third-order valence-corrected chi connectivity index (χ3v) is 2.99. The van der Waals surface area contributed by atoms with E-state index in [0.29, 0.717) is 23.3 Å². The zero-order chi connectivity index (χ0) is 14.1. The fourth-order valence-electron chi connectivity index (χ4n) is 2.09. The summed E-state index contributed by atoms with van der Waals surface area (Å²) in [5.74, 6) is -0.0142. The Kier molecular flexibility index (Phi) is 3.02. The van der Waals surface area contributed by atoms with Gasteiger partial charge in [0.1, 0.15) is 23.5 Å². The van der Waals surface area contributed by atoms with Gasteiger partial charge >= 0.3 is 11.6 Å². The van der Waals surface area contributed by atoms with E-state index in [1.807, 2.05) is 18.2 Å². The van der Waals surface area contributed by atoms with Crippen LogP contribution in [-0.4, -0.2) is 19.2 Å². The summed E-state index contributed by atoms with van der Waals surface area (Å²) in [5, 5.41) is 0.654. The number of benzene rings is 1. The molecule has 2 aromatic rings. The number of hydrogen-bond donors (Lipinski definition) is 0. The smallest absolute Gasteiger partial charge is 0.351 e. The third-order valence-electron chi connectivity index (χ3n) is 2.99. The van der Waals surface area contributed by atoms with Crippen LogP contribution < -0.4 is 10.4 Å². The summed E-state index contributed by atoms with van der Waals surface area (Å²) in [4.78, 5) is 23.5. The Morgan fingerprint density at radius 2 is 2.20 bits per heavy atom. The van der Waals surface area contributed by atoms with Gasteiger partial charge in [-0.15, -0.1) is 0 Å². The van der Waals surface area contributed by atoms with Crippen LogP contribution in [0.3, 0.4) is 0 Å². The van der Waals surface area contributed by atoms with Gasteiger partial charge in [0.25, 0.3) is 0 Å². The van der Waals surface area contributed by atoms with Gasteiger partial charge in [-0.3, -0.25) is 0 Å². The molecule has 1 aliphatic heterocycles. The van der Waals surface area contributed by atoms with Crippen LogP contribution in [0.4, 0.5) is 0 Å². The van der Waals surface area contributed by atoms with Gasteiger partial charge in [-0.25, -0.2) is 9.59 Å². The molecule has 0 unspecified atom stereocenters. The lowest BCUT2D eigenvalue weighted by molar-refractivity contribution is 0.0522. The average molecular weight is 272 g/mol. The van der Waals surface area contributed by atoms with Crippen LogP contribution >= 0.6 is 0 Å². The van der Waals surface area contributed by atoms with Gasteiger partial charge in [-0.1, -0.05) is 6.08 Å². The monoisotopic (exact) mass is 272 g/mol. The second-order valence-corrected chi connectivity index (χ2v) is 4.31. The number of carbonyl (C=O) groups excluding carboxylic acids is 1. The molecule has 0 N–H and O–H groups in total. The topological polar surface area (TPSA) is 65.7 Å². The predicted molar refractivity (Wildman–Crippen MR) is 73.0 cm³/mol. The lowest BCUT2D eigenvalue weighted by Crippen LogP contribution is -2.16. The van der Waals surface area contributed by atoms with Crippen LogP contribution in [0.25, 0.3) is 17.0 Å². The van der Waals surface area contributed by atoms with E-state index >= 15 is 0 Å². The first kappa shape index (κ1) is 12.5. The SMILES string of the molecule is CCOC(=O)c1cc2cc3c(cc2oc1=O)OCC=C3. The normalized spacial score (nSPS) is 12.8. The summed E-state index contributed by atoms with van der Waals surface area (Å²) in [6.07, 6.45) is 3.81. The molecule has 2 heterocycles. The maximum atomic E-state index is 11.8. The molecule has 0 atom stereocenters. The van der Waals surface area contributed by atoms with Crippen molar-refractivity contribution in [2.45, 2.75) is 6.92 Å². The van der Waals surface area contributed by atoms with Gasteiger partial charge in [-0.2, -0.15) is 0 Å². The van der Waals surface area contributed by atoms with Crippen LogP contribution in [0, 0.1) is 0 Å². The van der Waals surface area contributed by atoms with Crippen molar-refractivity contribution in [2.24, 2.45) is 0 Å². The first-order valence-electron chi connectivity index (χ1n) is 6.27. The van der Waals surface area contributed by atoms with E-state index in [1.54, 1.807) is 13.0 Å². The van der Waals surface area contributed by atoms with Crippen LogP contribution in [0.5, 0.6) is 5.75 Å². The highest BCUT2D eigenvalue weighted by atomic mass is 16.5. The quantitative estimate of drug-likeness (QED) is 0.620. The highest BCUT2D eigenvalue weighted by Gasteiger charge is 2.16. The Morgan fingerprint density at radius 1 is 1.35 bits per heavy atom. The van der Waals surface area contributed by atoms with Crippen LogP contribution in [0.2, 0.25) is 0 Å². The Labute approximate surface area is 114 Å². The second-order valence-electron chi connectivity index (χ2n) is 4.31. The molecule has 0 amide bonds. The molecule has 0 fully saturated rings. The fourth-order valence-corrected chi connectivity index (χ4v) is 2.09. The van der Waals surface area contributed by atoms with Gasteiger partial charge in [0.2, 0.25) is 0 Å². The minimum atomic E-state index is -0.706. The van der Waals surface area contributed by atoms with Crippen molar-refractivity contribution in [2.75, 3.05) is 13.2 Å². The molecule has 0 bridgehead atoms. The van der Waals surface area contributed by atoms with Crippen molar-refractivity contribution in [3.8, 4) is 5.75 Å². The average Bonchev–Trinajstić information content (AvgIpc) is 2.44. The summed E-state index contributed by atoms with van der Waals surface area (Å²) < 4.78 is 15.4. The highest BCUT2D eigenvalue weighted by molar-refractivity contribution is 5.93. The van der Waals surface area contributed by atoms with E-state index in [4.69, 9.17) is 13.9 Å². The van der Waals surface area contributed by atoms with Gasteiger partial charge in [0, 0.05) is 17.0 Å². The van der Waals surface area contributed by atoms with E-state index in [-0.39, 0.29) is 12.2 Å². The molecule has 0 saturated heterocycles. The molecule has 3 rings (SSSR count). The Hall–Kier alpha value is -2.56. The standard InChI is InChI=1S/C15H12O5/c1-2-18-14(16)11-7-10-6-9-4-3-5-19-12(9)8-13(10)20-15(11)17/h3-4,6-8H,2,5H2,1H3. The molecule has 0 saturated carbocycles. The maximum Gasteiger partial charge on any atom is 0.351 e. The third kappa shape index (κ3) is 2.07. The van der Waals surface area contributed by atoms with E-state index in [9.17, 15) is 9.59 Å². The van der Waals surface area contributed by atoms with Crippen molar-refractivity contribution < 1.29 is 18.7 Å². The lowest BCUT2D eigenvalue weighted by Gasteiger charge is -2.12. The highest BCUT2D eigenvalue weighted by Crippen LogP contribution is 2.29. The number of esters is 1. The molecule has 102 valence electrons. The number of ether oxygens (including phenoxy) is 2. The molecule has 0 radical (unpaired) electrons. The first-order valence-corrected chi connectivity index (χ1v) is 6.27. The Morgan fingerprint density at radius 3 is 3.00 bits per heavy atom. The molecule has 1 aromatic carbocycles. The largest absolute Gasteiger partial charge is 0.489 e. The van der Waals surface area contributed by atoms with Crippen molar-refractivity contribution in [3.05, 3.63) is 45.8 Å². The van der Waals surface area contributed by atoms with Gasteiger partial charge in [0.15, 0.2) is 0 Å². The summed E-state index contributed by atoms with van der Waals surface area (Å²) in [6.45, 7) is 2.37. The number of hydrogen-bond acceptors (Lipinski definition) is 5. The van der Waals surface area contributed by atoms with Gasteiger partial charge < -0.3 is 13.9 Å².